The number of fused-ring (bicyclic) bond motifs is 6. The number of allylic oxidation sites excluding steroid dienone is 2. The molecule has 0 N–H and O–H groups in total. The van der Waals surface area contributed by atoms with Crippen LogP contribution in [0.5, 0.6) is 5.75 Å². The van der Waals surface area contributed by atoms with Crippen LogP contribution in [-0.4, -0.2) is 61.0 Å². The second-order valence-corrected chi connectivity index (χ2v) is 25.1. The minimum absolute atomic E-state index is 0.158. The lowest BCUT2D eigenvalue weighted by Gasteiger charge is -2.16. The largest absolute Gasteiger partial charge is 0.504 e. The highest BCUT2D eigenvalue weighted by molar-refractivity contribution is 8.31. The van der Waals surface area contributed by atoms with Gasteiger partial charge in [0.2, 0.25) is 0 Å². The number of hydroxylamine groups is 2. The minimum Gasteiger partial charge on any atom is -0.488 e. The van der Waals surface area contributed by atoms with E-state index < -0.39 is 24.1 Å². The van der Waals surface area contributed by atoms with E-state index in [1.807, 2.05) is 31.2 Å². The van der Waals surface area contributed by atoms with E-state index in [1.165, 1.54) is 112 Å². The summed E-state index contributed by atoms with van der Waals surface area (Å²) < 4.78 is 54.8. The monoisotopic (exact) mass is 1030 g/mol. The number of imide groups is 1. The molecule has 11 nitrogen and oxygen atoms in total. The fraction of sp³-hybridized carbons (Fsp3) is 0.328. The fourth-order valence-electron chi connectivity index (χ4n) is 9.09. The maximum Gasteiger partial charge on any atom is 0.504 e. The van der Waals surface area contributed by atoms with Gasteiger partial charge in [0.1, 0.15) is 18.1 Å². The predicted molar refractivity (Wildman–Crippen MR) is 286 cm³/mol. The van der Waals surface area contributed by atoms with Crippen molar-refractivity contribution in [2.45, 2.75) is 94.9 Å². The molecule has 2 amide bonds. The Hall–Kier alpha value is -6.15. The van der Waals surface area contributed by atoms with Crippen LogP contribution in [-0.2, 0) is 51.6 Å². The Morgan fingerprint density at radius 2 is 1.07 bits per heavy atom. The molecule has 1 saturated carbocycles. The maximum absolute atomic E-state index is 12.5. The number of carbonyl (C=O) groups excluding carboxylic acids is 2. The van der Waals surface area contributed by atoms with Gasteiger partial charge in [-0.3, -0.25) is 14.4 Å². The molecule has 4 aliphatic rings. The molecule has 3 fully saturated rings. The van der Waals surface area contributed by atoms with E-state index in [0.29, 0.717) is 10.9 Å². The Kier molecular flexibility index (Phi) is 17.9. The number of amides is 2. The van der Waals surface area contributed by atoms with Crippen molar-refractivity contribution in [2.24, 2.45) is 23.7 Å². The number of unbranched alkanes of at least 4 members (excludes halogenated alkanes) is 1. The number of nitrogens with zero attached hydrogens (tertiary/aromatic N) is 3. The van der Waals surface area contributed by atoms with Crippen molar-refractivity contribution >= 4 is 57.5 Å². The van der Waals surface area contributed by atoms with Crippen LogP contribution in [0.1, 0.15) is 72.4 Å². The Morgan fingerprint density at radius 3 is 1.51 bits per heavy atom. The van der Waals surface area contributed by atoms with Crippen LogP contribution in [0.2, 0.25) is 0 Å². The maximum atomic E-state index is 12.5. The Labute approximate surface area is 428 Å². The number of carbonyl (C=O) groups is 2. The van der Waals surface area contributed by atoms with Gasteiger partial charge < -0.3 is 10.3 Å². The van der Waals surface area contributed by atoms with Gasteiger partial charge in [0, 0.05) is 17.0 Å². The van der Waals surface area contributed by atoms with Gasteiger partial charge in [-0.1, -0.05) is 150 Å². The third-order valence-corrected chi connectivity index (χ3v) is 19.9. The van der Waals surface area contributed by atoms with E-state index in [9.17, 15) is 26.4 Å². The van der Waals surface area contributed by atoms with E-state index in [0.717, 1.165) is 47.0 Å². The number of hydrogen-bond donors (Lipinski definition) is 0. The smallest absolute Gasteiger partial charge is 0.488 e. The van der Waals surface area contributed by atoms with Gasteiger partial charge in [-0.15, -0.1) is 4.79 Å². The molecule has 0 aromatic heterocycles. The van der Waals surface area contributed by atoms with Crippen molar-refractivity contribution in [1.29, 1.82) is 0 Å². The molecular weight excluding hydrogens is 963 g/mol. The molecule has 10 rings (SSSR count). The van der Waals surface area contributed by atoms with Crippen molar-refractivity contribution in [1.82, 2.24) is 5.06 Å². The van der Waals surface area contributed by atoms with Gasteiger partial charge in [-0.25, -0.2) is 16.8 Å². The molecule has 0 spiro atoms. The molecule has 6 aromatic carbocycles. The average Bonchev–Trinajstić information content (AvgIpc) is 4.20. The summed E-state index contributed by atoms with van der Waals surface area (Å²) in [5.74, 6) is 3.60. The third kappa shape index (κ3) is 12.7. The van der Waals surface area contributed by atoms with Crippen molar-refractivity contribution in [3.05, 3.63) is 185 Å². The zero-order chi connectivity index (χ0) is 51.6. The molecular formula is C58H64N3O8S3+. The van der Waals surface area contributed by atoms with Crippen molar-refractivity contribution in [3.63, 3.8) is 0 Å². The first-order valence-corrected chi connectivity index (χ1v) is 29.0. The SMILES string of the molecule is CCCCOc1cc2ccccc2cc1[S+]1CCCC1.Cc1ccc(C)cc1.Cc1ccc(CON2C(=O)C3C4C=CC(C4)C3C2=O)cc1.Cc1ccc(S(=O)(=O)C(=[N+]=[N-])S(=O)(=O)c2ccc(C)cc2)cc1. The number of sulfone groups is 2. The Balaban J connectivity index is 0.000000147. The molecule has 72 heavy (non-hydrogen) atoms. The average molecular weight is 1030 g/mol. The van der Waals surface area contributed by atoms with Crippen LogP contribution < -0.4 is 4.74 Å². The van der Waals surface area contributed by atoms with Gasteiger partial charge in [0.05, 0.1) is 28.2 Å². The predicted octanol–water partition coefficient (Wildman–Crippen LogP) is 11.5. The molecule has 4 atom stereocenters. The molecule has 4 unspecified atom stereocenters. The number of hydrogen-bond acceptors (Lipinski definition) is 8. The highest BCUT2D eigenvalue weighted by Crippen LogP contribution is 2.52. The van der Waals surface area contributed by atoms with Gasteiger partial charge in [-0.05, 0) is 119 Å². The summed E-state index contributed by atoms with van der Waals surface area (Å²) in [6, 6.07) is 40.8. The van der Waals surface area contributed by atoms with Crippen LogP contribution in [0.4, 0.5) is 0 Å². The lowest BCUT2D eigenvalue weighted by atomic mass is 9.85. The van der Waals surface area contributed by atoms with Crippen molar-refractivity contribution < 1.29 is 40.8 Å². The van der Waals surface area contributed by atoms with E-state index in [1.54, 1.807) is 13.8 Å². The van der Waals surface area contributed by atoms with Crippen LogP contribution >= 0.6 is 0 Å². The molecule has 6 aromatic rings. The van der Waals surface area contributed by atoms with Gasteiger partial charge in [0.15, 0.2) is 10.6 Å². The first-order chi connectivity index (χ1) is 34.5. The topological polar surface area (TPSA) is 161 Å². The molecule has 0 radical (unpaired) electrons. The number of aryl methyl sites for hydroxylation is 5. The summed E-state index contributed by atoms with van der Waals surface area (Å²) >= 11 is 0. The highest BCUT2D eigenvalue weighted by Gasteiger charge is 2.60. The van der Waals surface area contributed by atoms with Crippen LogP contribution in [0.25, 0.3) is 16.3 Å². The van der Waals surface area contributed by atoms with Gasteiger partial charge >= 0.3 is 4.38 Å². The Morgan fingerprint density at radius 1 is 0.639 bits per heavy atom. The van der Waals surface area contributed by atoms with Gasteiger partial charge in [0.25, 0.3) is 31.5 Å². The standard InChI is InChI=1S/C18H23OS.C17H17NO3.C15H14N2O4S2.C8H10/c1-2-3-10-19-17-13-15-8-4-5-9-16(15)14-18(17)20-11-6-7-12-20;1-10-2-4-11(5-3-10)9-21-18-16(19)14-12-6-7-13(8-12)15(14)17(18)20;1-11-3-7-13(8-4-11)22(18,19)15(17-16)23(20,21)14-9-5-12(2)6-10-14;1-7-3-5-8(2)6-4-7/h4-5,8-9,13-14H,2-3,6-7,10-12H2,1H3;2-7,12-15H,8-9H2,1H3;3-10H,1-2H3;3-6H,1-2H3/q+1;;;. The molecule has 2 aliphatic carbocycles. The molecule has 2 heterocycles. The van der Waals surface area contributed by atoms with Crippen molar-refractivity contribution in [2.75, 3.05) is 18.1 Å². The third-order valence-electron chi connectivity index (χ3n) is 13.2. The quantitative estimate of drug-likeness (QED) is 0.0191. The van der Waals surface area contributed by atoms with E-state index in [4.69, 9.17) is 15.1 Å². The van der Waals surface area contributed by atoms with Gasteiger partial charge in [-0.2, -0.15) is 5.06 Å². The van der Waals surface area contributed by atoms with Crippen LogP contribution in [0.15, 0.2) is 160 Å². The zero-order valence-corrected chi connectivity index (χ0v) is 44.3. The first-order valence-electron chi connectivity index (χ1n) is 24.5. The van der Waals surface area contributed by atoms with E-state index in [-0.39, 0.29) is 51.9 Å². The first kappa shape index (κ1) is 53.6. The molecule has 2 bridgehead atoms. The number of ether oxygens (including phenoxy) is 1. The summed E-state index contributed by atoms with van der Waals surface area (Å²) in [4.78, 5) is 33.9. The van der Waals surface area contributed by atoms with E-state index >= 15 is 0 Å². The molecule has 2 saturated heterocycles. The molecule has 2 aliphatic heterocycles. The van der Waals surface area contributed by atoms with Crippen LogP contribution in [0, 0.1) is 58.3 Å². The second-order valence-electron chi connectivity index (χ2n) is 18.8. The number of benzene rings is 6. The normalized spacial score (nSPS) is 18.8. The van der Waals surface area contributed by atoms with Crippen molar-refractivity contribution in [3.8, 4) is 5.75 Å². The second kappa shape index (κ2) is 24.0. The summed E-state index contributed by atoms with van der Waals surface area (Å²) in [6.45, 7) is 13.0. The molecule has 14 heteroatoms. The molecule has 376 valence electrons. The van der Waals surface area contributed by atoms with E-state index in [2.05, 4.69) is 98.4 Å². The lowest BCUT2D eigenvalue weighted by molar-refractivity contribution is -0.194. The number of rotatable bonds is 10. The summed E-state index contributed by atoms with van der Waals surface area (Å²) in [5, 5.41) is 3.66. The summed E-state index contributed by atoms with van der Waals surface area (Å²) in [5.41, 5.74) is 15.5. The Bertz CT molecular complexity index is 3040. The zero-order valence-electron chi connectivity index (χ0n) is 41.9. The summed E-state index contributed by atoms with van der Waals surface area (Å²) in [7, 11) is -8.53. The highest BCUT2D eigenvalue weighted by atomic mass is 32.3. The lowest BCUT2D eigenvalue weighted by Crippen LogP contribution is -2.32. The van der Waals surface area contributed by atoms with Crippen LogP contribution in [0.3, 0.4) is 0 Å². The minimum atomic E-state index is -4.47. The summed E-state index contributed by atoms with van der Waals surface area (Å²) in [6.07, 6.45) is 10.2. The fourth-order valence-corrected chi connectivity index (χ4v) is 14.9.